The fraction of sp³-hybridized carbons (Fsp3) is 0.625. The first-order chi connectivity index (χ1) is 8.83. The summed E-state index contributed by atoms with van der Waals surface area (Å²) in [5, 5.41) is 10.0. The van der Waals surface area contributed by atoms with Gasteiger partial charge in [0.25, 0.3) is 0 Å². The van der Waals surface area contributed by atoms with Gasteiger partial charge in [-0.25, -0.2) is 0 Å². The molecule has 108 valence electrons. The van der Waals surface area contributed by atoms with Crippen LogP contribution in [0.1, 0.15) is 58.6 Å². The van der Waals surface area contributed by atoms with Gasteiger partial charge in [-0.05, 0) is 44.9 Å². The normalized spacial score (nSPS) is 15.1. The van der Waals surface area contributed by atoms with Crippen molar-refractivity contribution in [1.82, 2.24) is 0 Å². The molecule has 0 bridgehead atoms. The third-order valence-corrected chi connectivity index (χ3v) is 2.96. The zero-order valence-corrected chi connectivity index (χ0v) is 12.5. The molecular weight excluding hydrogens is 238 g/mol. The van der Waals surface area contributed by atoms with Gasteiger partial charge in [0.1, 0.15) is 11.4 Å². The van der Waals surface area contributed by atoms with Crippen LogP contribution in [0.3, 0.4) is 0 Å². The van der Waals surface area contributed by atoms with Crippen molar-refractivity contribution in [2.24, 2.45) is 5.73 Å². The fourth-order valence-corrected chi connectivity index (χ4v) is 1.93. The first-order valence-electron chi connectivity index (χ1n) is 7.06. The number of aliphatic hydroxyl groups excluding tert-OH is 1. The van der Waals surface area contributed by atoms with Crippen molar-refractivity contribution in [3.8, 4) is 5.75 Å². The molecule has 0 heterocycles. The van der Waals surface area contributed by atoms with Gasteiger partial charge in [-0.15, -0.1) is 0 Å². The monoisotopic (exact) mass is 265 g/mol. The van der Waals surface area contributed by atoms with E-state index in [1.165, 1.54) is 0 Å². The van der Waals surface area contributed by atoms with Crippen LogP contribution in [0.25, 0.3) is 0 Å². The summed E-state index contributed by atoms with van der Waals surface area (Å²) in [5.41, 5.74) is 6.81. The number of hydrogen-bond acceptors (Lipinski definition) is 3. The lowest BCUT2D eigenvalue weighted by Gasteiger charge is -2.22. The molecule has 0 amide bonds. The molecule has 0 unspecified atom stereocenters. The molecule has 19 heavy (non-hydrogen) atoms. The molecule has 0 aliphatic carbocycles. The van der Waals surface area contributed by atoms with E-state index < -0.39 is 6.10 Å². The minimum absolute atomic E-state index is 0.204. The molecule has 3 heteroatoms. The van der Waals surface area contributed by atoms with E-state index in [1.54, 1.807) is 0 Å². The topological polar surface area (TPSA) is 55.5 Å². The van der Waals surface area contributed by atoms with Crippen LogP contribution in [0, 0.1) is 0 Å². The largest absolute Gasteiger partial charge is 0.488 e. The highest BCUT2D eigenvalue weighted by atomic mass is 16.5. The van der Waals surface area contributed by atoms with Crippen molar-refractivity contribution in [1.29, 1.82) is 0 Å². The quantitative estimate of drug-likeness (QED) is 0.828. The van der Waals surface area contributed by atoms with E-state index in [9.17, 15) is 5.11 Å². The molecule has 0 saturated carbocycles. The second kappa shape index (κ2) is 6.92. The molecule has 1 aromatic rings. The summed E-state index contributed by atoms with van der Waals surface area (Å²) in [6, 6.07) is 7.36. The first kappa shape index (κ1) is 16.0. The highest BCUT2D eigenvalue weighted by Crippen LogP contribution is 2.23. The molecule has 0 aliphatic heterocycles. The molecule has 0 radical (unpaired) electrons. The number of hydrogen-bond donors (Lipinski definition) is 2. The Morgan fingerprint density at radius 2 is 1.79 bits per heavy atom. The Kier molecular flexibility index (Phi) is 5.83. The summed E-state index contributed by atoms with van der Waals surface area (Å²) in [5.74, 6) is 0.825. The van der Waals surface area contributed by atoms with Crippen LogP contribution in [-0.2, 0) is 0 Å². The average molecular weight is 265 g/mol. The first-order valence-corrected chi connectivity index (χ1v) is 7.06. The zero-order chi connectivity index (χ0) is 14.5. The van der Waals surface area contributed by atoms with Gasteiger partial charge >= 0.3 is 0 Å². The maximum atomic E-state index is 10.0. The van der Waals surface area contributed by atoms with Crippen molar-refractivity contribution in [2.45, 2.75) is 64.7 Å². The smallest absolute Gasteiger partial charge is 0.120 e. The summed E-state index contributed by atoms with van der Waals surface area (Å²) in [7, 11) is 0. The van der Waals surface area contributed by atoms with E-state index in [0.717, 1.165) is 30.6 Å². The lowest BCUT2D eigenvalue weighted by atomic mass is 9.98. The van der Waals surface area contributed by atoms with Gasteiger partial charge in [-0.3, -0.25) is 0 Å². The fourth-order valence-electron chi connectivity index (χ4n) is 1.93. The molecule has 0 aliphatic rings. The Bertz CT molecular complexity index is 367. The predicted octanol–water partition coefficient (Wildman–Crippen LogP) is 3.41. The van der Waals surface area contributed by atoms with E-state index >= 15 is 0 Å². The molecule has 1 aromatic carbocycles. The molecule has 1 rings (SSSR count). The molecule has 0 spiro atoms. The molecule has 3 N–H and O–H groups in total. The summed E-state index contributed by atoms with van der Waals surface area (Å²) in [4.78, 5) is 0. The maximum absolute atomic E-state index is 10.0. The van der Waals surface area contributed by atoms with Gasteiger partial charge in [-0.2, -0.15) is 0 Å². The van der Waals surface area contributed by atoms with Crippen LogP contribution >= 0.6 is 0 Å². The van der Waals surface area contributed by atoms with Gasteiger partial charge in [-0.1, -0.05) is 31.9 Å². The Morgan fingerprint density at radius 3 is 2.26 bits per heavy atom. The number of aliphatic hydroxyl groups is 1. The van der Waals surface area contributed by atoms with E-state index in [-0.39, 0.29) is 11.6 Å². The van der Waals surface area contributed by atoms with E-state index in [0.29, 0.717) is 0 Å². The van der Waals surface area contributed by atoms with E-state index in [1.807, 2.05) is 45.0 Å². The lowest BCUT2D eigenvalue weighted by Crippen LogP contribution is -2.26. The van der Waals surface area contributed by atoms with Crippen molar-refractivity contribution in [3.63, 3.8) is 0 Å². The Hall–Kier alpha value is -1.06. The van der Waals surface area contributed by atoms with Crippen LogP contribution in [0.2, 0.25) is 0 Å². The lowest BCUT2D eigenvalue weighted by molar-refractivity contribution is 0.128. The second-order valence-corrected chi connectivity index (χ2v) is 6.02. The molecule has 0 aromatic heterocycles. The van der Waals surface area contributed by atoms with Gasteiger partial charge in [0.15, 0.2) is 0 Å². The summed E-state index contributed by atoms with van der Waals surface area (Å²) in [6.07, 6.45) is 2.34. The van der Waals surface area contributed by atoms with Gasteiger partial charge < -0.3 is 15.6 Å². The molecular formula is C16H27NO2. The predicted molar refractivity (Wildman–Crippen MR) is 79.3 cm³/mol. The van der Waals surface area contributed by atoms with Crippen LogP contribution < -0.4 is 10.5 Å². The molecule has 2 atom stereocenters. The minimum Gasteiger partial charge on any atom is -0.488 e. The third kappa shape index (κ3) is 5.62. The van der Waals surface area contributed by atoms with Crippen molar-refractivity contribution in [3.05, 3.63) is 29.8 Å². The Labute approximate surface area is 116 Å². The van der Waals surface area contributed by atoms with Crippen LogP contribution in [0.15, 0.2) is 24.3 Å². The van der Waals surface area contributed by atoms with Crippen molar-refractivity contribution in [2.75, 3.05) is 0 Å². The highest BCUT2D eigenvalue weighted by molar-refractivity contribution is 5.30. The highest BCUT2D eigenvalue weighted by Gasteiger charge is 2.17. The second-order valence-electron chi connectivity index (χ2n) is 6.02. The Morgan fingerprint density at radius 1 is 1.21 bits per heavy atom. The van der Waals surface area contributed by atoms with Crippen LogP contribution in [0.4, 0.5) is 0 Å². The third-order valence-electron chi connectivity index (χ3n) is 2.96. The maximum Gasteiger partial charge on any atom is 0.120 e. The van der Waals surface area contributed by atoms with Gasteiger partial charge in [0, 0.05) is 0 Å². The molecule has 0 fully saturated rings. The summed E-state index contributed by atoms with van der Waals surface area (Å²) < 4.78 is 5.76. The summed E-state index contributed by atoms with van der Waals surface area (Å²) in [6.45, 7) is 8.15. The van der Waals surface area contributed by atoms with Crippen LogP contribution in [0.5, 0.6) is 5.75 Å². The number of benzene rings is 1. The average Bonchev–Trinajstić information content (AvgIpc) is 2.34. The van der Waals surface area contributed by atoms with Crippen molar-refractivity contribution >= 4 is 0 Å². The Balaban J connectivity index is 2.65. The van der Waals surface area contributed by atoms with Crippen LogP contribution in [-0.4, -0.2) is 16.8 Å². The van der Waals surface area contributed by atoms with Gasteiger partial charge in [0.2, 0.25) is 0 Å². The number of ether oxygens (including phenoxy) is 1. The standard InChI is InChI=1S/C16H27NO2/c1-5-6-7-14(18)15(17)12-8-10-13(11-9-12)19-16(2,3)4/h8-11,14-15,18H,5-7,17H2,1-4H3/t14-,15+/m0/s1. The van der Waals surface area contributed by atoms with E-state index in [4.69, 9.17) is 10.5 Å². The number of unbranched alkanes of at least 4 members (excludes halogenated alkanes) is 1. The molecule has 0 saturated heterocycles. The van der Waals surface area contributed by atoms with E-state index in [2.05, 4.69) is 6.92 Å². The van der Waals surface area contributed by atoms with Gasteiger partial charge in [0.05, 0.1) is 12.1 Å². The van der Waals surface area contributed by atoms with Crippen molar-refractivity contribution < 1.29 is 9.84 Å². The number of nitrogens with two attached hydrogens (primary N) is 1. The SMILES string of the molecule is CCCC[C@H](O)[C@H](N)c1ccc(OC(C)(C)C)cc1. The number of rotatable bonds is 6. The summed E-state index contributed by atoms with van der Waals surface area (Å²) >= 11 is 0. The minimum atomic E-state index is -0.477. The zero-order valence-electron chi connectivity index (χ0n) is 12.5. The molecule has 3 nitrogen and oxygen atoms in total.